The monoisotopic (exact) mass is 412 g/mol. The number of Topliss-reactive ketones (excluding diaryl/α,β-unsaturated/α-hetero) is 1. The molecule has 4 aromatic rings. The van der Waals surface area contributed by atoms with Crippen molar-refractivity contribution in [2.45, 2.75) is 12.8 Å². The number of para-hydroxylation sites is 1. The molecular weight excluding hydrogens is 392 g/mol. The van der Waals surface area contributed by atoms with E-state index in [-0.39, 0.29) is 30.1 Å². The topological polar surface area (TPSA) is 78.3 Å². The van der Waals surface area contributed by atoms with Gasteiger partial charge in [-0.25, -0.2) is 4.79 Å². The molecule has 6 nitrogen and oxygen atoms in total. The third-order valence-electron chi connectivity index (χ3n) is 4.88. The van der Waals surface area contributed by atoms with Crippen LogP contribution in [0.4, 0.5) is 0 Å². The number of nitrogens with zero attached hydrogens (tertiary/aromatic N) is 2. The fourth-order valence-electron chi connectivity index (χ4n) is 3.32. The molecule has 0 unspecified atom stereocenters. The van der Waals surface area contributed by atoms with Crippen molar-refractivity contribution < 1.29 is 14.3 Å². The van der Waals surface area contributed by atoms with Gasteiger partial charge >= 0.3 is 5.97 Å². The average molecular weight is 412 g/mol. The van der Waals surface area contributed by atoms with E-state index >= 15 is 0 Å². The number of esters is 1. The summed E-state index contributed by atoms with van der Waals surface area (Å²) >= 11 is 0. The summed E-state index contributed by atoms with van der Waals surface area (Å²) in [6, 6.07) is 24.7. The number of carbonyl (C=O) groups is 2. The molecule has 1 heterocycles. The Bertz CT molecular complexity index is 1280. The molecule has 0 N–H and O–H groups in total. The summed E-state index contributed by atoms with van der Waals surface area (Å²) in [5, 5.41) is 5.11. The van der Waals surface area contributed by atoms with Gasteiger partial charge in [-0.05, 0) is 24.6 Å². The van der Waals surface area contributed by atoms with E-state index in [0.29, 0.717) is 28.4 Å². The van der Waals surface area contributed by atoms with Crippen LogP contribution in [0.15, 0.2) is 89.7 Å². The van der Waals surface area contributed by atoms with Crippen LogP contribution in [0.25, 0.3) is 16.5 Å². The minimum atomic E-state index is -0.631. The van der Waals surface area contributed by atoms with Gasteiger partial charge in [0.2, 0.25) is 0 Å². The summed E-state index contributed by atoms with van der Waals surface area (Å²) in [5.41, 5.74) is 0.942. The van der Waals surface area contributed by atoms with Crippen molar-refractivity contribution in [3.8, 4) is 5.69 Å². The number of ketones is 1. The number of fused-ring (bicyclic) bond motifs is 1. The maximum atomic E-state index is 12.9. The zero-order valence-electron chi connectivity index (χ0n) is 16.7. The molecule has 6 heteroatoms. The standard InChI is InChI=1S/C25H20N2O4/c28-22(18-10-3-1-4-11-18)16-9-17-31-25(30)23-20-14-7-8-15-21(20)24(29)27(26-23)19-12-5-2-6-13-19/h1-8,10-15H,9,16-17H2. The van der Waals surface area contributed by atoms with Crippen LogP contribution in [0.3, 0.4) is 0 Å². The van der Waals surface area contributed by atoms with Crippen molar-refractivity contribution in [1.82, 2.24) is 9.78 Å². The summed E-state index contributed by atoms with van der Waals surface area (Å²) < 4.78 is 6.59. The summed E-state index contributed by atoms with van der Waals surface area (Å²) in [5.74, 6) is -0.633. The quantitative estimate of drug-likeness (QED) is 0.258. The second-order valence-electron chi connectivity index (χ2n) is 6.98. The van der Waals surface area contributed by atoms with E-state index in [2.05, 4.69) is 5.10 Å². The maximum Gasteiger partial charge on any atom is 0.359 e. The van der Waals surface area contributed by atoms with Gasteiger partial charge in [0.15, 0.2) is 11.5 Å². The Morgan fingerprint density at radius 3 is 2.13 bits per heavy atom. The molecule has 0 bridgehead atoms. The summed E-state index contributed by atoms with van der Waals surface area (Å²) in [4.78, 5) is 37.9. The summed E-state index contributed by atoms with van der Waals surface area (Å²) in [6.45, 7) is 0.0812. The van der Waals surface area contributed by atoms with Crippen molar-refractivity contribution >= 4 is 22.5 Å². The Morgan fingerprint density at radius 1 is 0.806 bits per heavy atom. The Kier molecular flexibility index (Phi) is 5.98. The van der Waals surface area contributed by atoms with Gasteiger partial charge in [0.05, 0.1) is 17.7 Å². The van der Waals surface area contributed by atoms with Gasteiger partial charge in [-0.3, -0.25) is 9.59 Å². The molecular formula is C25H20N2O4. The van der Waals surface area contributed by atoms with Gasteiger partial charge in [0.1, 0.15) is 0 Å². The third-order valence-corrected chi connectivity index (χ3v) is 4.88. The van der Waals surface area contributed by atoms with E-state index < -0.39 is 5.97 Å². The number of ether oxygens (including phenoxy) is 1. The average Bonchev–Trinajstić information content (AvgIpc) is 2.83. The molecule has 0 saturated heterocycles. The Hall–Kier alpha value is -4.06. The first-order valence-corrected chi connectivity index (χ1v) is 9.98. The van der Waals surface area contributed by atoms with E-state index in [9.17, 15) is 14.4 Å². The minimum Gasteiger partial charge on any atom is -0.461 e. The number of hydrogen-bond acceptors (Lipinski definition) is 5. The van der Waals surface area contributed by atoms with E-state index in [1.807, 2.05) is 24.3 Å². The molecule has 31 heavy (non-hydrogen) atoms. The molecule has 154 valence electrons. The van der Waals surface area contributed by atoms with Gasteiger partial charge in [-0.1, -0.05) is 66.7 Å². The number of carbonyl (C=O) groups excluding carboxylic acids is 2. The van der Waals surface area contributed by atoms with Crippen molar-refractivity contribution in [3.63, 3.8) is 0 Å². The van der Waals surface area contributed by atoms with E-state index in [1.165, 1.54) is 4.68 Å². The van der Waals surface area contributed by atoms with Crippen LogP contribution in [0, 0.1) is 0 Å². The zero-order valence-corrected chi connectivity index (χ0v) is 16.7. The predicted octanol–water partition coefficient (Wildman–Crippen LogP) is 4.21. The van der Waals surface area contributed by atoms with Gasteiger partial charge in [0.25, 0.3) is 5.56 Å². The van der Waals surface area contributed by atoms with Crippen LogP contribution < -0.4 is 5.56 Å². The largest absolute Gasteiger partial charge is 0.461 e. The SMILES string of the molecule is O=C(CCCOC(=O)c1nn(-c2ccccc2)c(=O)c2ccccc12)c1ccccc1. The number of rotatable bonds is 7. The highest BCUT2D eigenvalue weighted by Gasteiger charge is 2.18. The first kappa shape index (κ1) is 20.2. The smallest absolute Gasteiger partial charge is 0.359 e. The minimum absolute atomic E-state index is 0.00199. The van der Waals surface area contributed by atoms with Crippen LogP contribution in [0.5, 0.6) is 0 Å². The second-order valence-corrected chi connectivity index (χ2v) is 6.98. The Labute approximate surface area is 178 Å². The Balaban J connectivity index is 1.53. The molecule has 1 aromatic heterocycles. The van der Waals surface area contributed by atoms with Crippen molar-refractivity contribution in [2.75, 3.05) is 6.61 Å². The van der Waals surface area contributed by atoms with Crippen LogP contribution >= 0.6 is 0 Å². The summed E-state index contributed by atoms with van der Waals surface area (Å²) in [6.07, 6.45) is 0.671. The fourth-order valence-corrected chi connectivity index (χ4v) is 3.32. The van der Waals surface area contributed by atoms with E-state index in [4.69, 9.17) is 4.74 Å². The molecule has 4 rings (SSSR count). The van der Waals surface area contributed by atoms with E-state index in [0.717, 1.165) is 0 Å². The maximum absolute atomic E-state index is 12.9. The van der Waals surface area contributed by atoms with Crippen LogP contribution in [-0.2, 0) is 4.74 Å². The molecule has 0 atom stereocenters. The van der Waals surface area contributed by atoms with Gasteiger partial charge in [-0.15, -0.1) is 0 Å². The first-order chi connectivity index (χ1) is 15.1. The number of aromatic nitrogens is 2. The lowest BCUT2D eigenvalue weighted by atomic mass is 10.1. The number of hydrogen-bond donors (Lipinski definition) is 0. The molecule has 0 aliphatic rings. The van der Waals surface area contributed by atoms with Gasteiger partial charge in [0, 0.05) is 17.4 Å². The highest BCUT2D eigenvalue weighted by atomic mass is 16.5. The van der Waals surface area contributed by atoms with Crippen molar-refractivity contribution in [1.29, 1.82) is 0 Å². The first-order valence-electron chi connectivity index (χ1n) is 9.98. The molecule has 0 aliphatic carbocycles. The molecule has 0 aliphatic heterocycles. The predicted molar refractivity (Wildman–Crippen MR) is 118 cm³/mol. The molecule has 0 radical (unpaired) electrons. The van der Waals surface area contributed by atoms with Gasteiger partial charge in [-0.2, -0.15) is 9.78 Å². The van der Waals surface area contributed by atoms with Crippen LogP contribution in [-0.4, -0.2) is 28.1 Å². The molecule has 3 aromatic carbocycles. The van der Waals surface area contributed by atoms with Crippen LogP contribution in [0.2, 0.25) is 0 Å². The lowest BCUT2D eigenvalue weighted by molar-refractivity contribution is 0.0488. The highest BCUT2D eigenvalue weighted by molar-refractivity contribution is 6.02. The van der Waals surface area contributed by atoms with Gasteiger partial charge < -0.3 is 4.74 Å². The second kappa shape index (κ2) is 9.17. The molecule has 0 spiro atoms. The van der Waals surface area contributed by atoms with Crippen molar-refractivity contribution in [3.05, 3.63) is 107 Å². The lowest BCUT2D eigenvalue weighted by Crippen LogP contribution is -2.25. The lowest BCUT2D eigenvalue weighted by Gasteiger charge is -2.11. The zero-order chi connectivity index (χ0) is 21.6. The van der Waals surface area contributed by atoms with E-state index in [1.54, 1.807) is 60.7 Å². The fraction of sp³-hybridized carbons (Fsp3) is 0.120. The van der Waals surface area contributed by atoms with Crippen LogP contribution in [0.1, 0.15) is 33.7 Å². The van der Waals surface area contributed by atoms with Crippen molar-refractivity contribution in [2.24, 2.45) is 0 Å². The molecule has 0 saturated carbocycles. The highest BCUT2D eigenvalue weighted by Crippen LogP contribution is 2.16. The molecule has 0 fully saturated rings. The number of benzene rings is 3. The summed E-state index contributed by atoms with van der Waals surface area (Å²) in [7, 11) is 0. The normalized spacial score (nSPS) is 10.7. The molecule has 0 amide bonds. The Morgan fingerprint density at radius 2 is 1.42 bits per heavy atom. The third kappa shape index (κ3) is 4.43.